The van der Waals surface area contributed by atoms with Gasteiger partial charge in [-0.2, -0.15) is 0 Å². The zero-order valence-corrected chi connectivity index (χ0v) is 9.93. The number of thiazole rings is 1. The van der Waals surface area contributed by atoms with E-state index in [0.717, 1.165) is 11.7 Å². The first kappa shape index (κ1) is 12.0. The Balaban J connectivity index is 2.07. The Morgan fingerprint density at radius 3 is 3.00 bits per heavy atom. The zero-order chi connectivity index (χ0) is 11.1. The quantitative estimate of drug-likeness (QED) is 0.778. The van der Waals surface area contributed by atoms with Crippen molar-refractivity contribution < 1.29 is 4.79 Å². The van der Waals surface area contributed by atoms with Crippen molar-refractivity contribution >= 4 is 22.4 Å². The number of anilines is 1. The number of hydrogen-bond acceptors (Lipinski definition) is 4. The van der Waals surface area contributed by atoms with Crippen LogP contribution in [0.3, 0.4) is 0 Å². The fraction of sp³-hybridized carbons (Fsp3) is 0.600. The average Bonchev–Trinajstić information content (AvgIpc) is 2.67. The van der Waals surface area contributed by atoms with Gasteiger partial charge in [0.25, 0.3) is 0 Å². The largest absolute Gasteiger partial charge is 0.361 e. The SMILES string of the molecule is CC(C)CNC(=O)CCNc1nccs1. The first-order valence-corrected chi connectivity index (χ1v) is 5.96. The van der Waals surface area contributed by atoms with Crippen molar-refractivity contribution in [1.29, 1.82) is 0 Å². The summed E-state index contributed by atoms with van der Waals surface area (Å²) in [5.41, 5.74) is 0. The van der Waals surface area contributed by atoms with Gasteiger partial charge in [-0.15, -0.1) is 11.3 Å². The Morgan fingerprint density at radius 2 is 2.40 bits per heavy atom. The second-order valence-electron chi connectivity index (χ2n) is 3.71. The second kappa shape index (κ2) is 6.40. The third kappa shape index (κ3) is 5.37. The number of hydrogen-bond donors (Lipinski definition) is 2. The molecule has 1 heterocycles. The predicted octanol–water partition coefficient (Wildman–Crippen LogP) is 1.72. The summed E-state index contributed by atoms with van der Waals surface area (Å²) in [7, 11) is 0. The van der Waals surface area contributed by atoms with Gasteiger partial charge < -0.3 is 10.6 Å². The molecule has 0 unspecified atom stereocenters. The lowest BCUT2D eigenvalue weighted by molar-refractivity contribution is -0.120. The monoisotopic (exact) mass is 227 g/mol. The van der Waals surface area contributed by atoms with Crippen LogP contribution in [0.25, 0.3) is 0 Å². The van der Waals surface area contributed by atoms with Gasteiger partial charge in [0.05, 0.1) is 0 Å². The van der Waals surface area contributed by atoms with Crippen molar-refractivity contribution in [3.8, 4) is 0 Å². The third-order valence-electron chi connectivity index (χ3n) is 1.77. The lowest BCUT2D eigenvalue weighted by Gasteiger charge is -2.07. The molecule has 0 saturated carbocycles. The van der Waals surface area contributed by atoms with Gasteiger partial charge in [0.2, 0.25) is 5.91 Å². The lowest BCUT2D eigenvalue weighted by atomic mass is 10.2. The molecule has 1 aromatic rings. The average molecular weight is 227 g/mol. The van der Waals surface area contributed by atoms with Crippen LogP contribution in [0.15, 0.2) is 11.6 Å². The third-order valence-corrected chi connectivity index (χ3v) is 2.50. The Morgan fingerprint density at radius 1 is 1.60 bits per heavy atom. The molecule has 0 aliphatic carbocycles. The molecule has 0 saturated heterocycles. The summed E-state index contributed by atoms with van der Waals surface area (Å²) in [6.45, 7) is 5.54. The van der Waals surface area contributed by atoms with Crippen LogP contribution in [-0.4, -0.2) is 24.0 Å². The van der Waals surface area contributed by atoms with Gasteiger partial charge in [-0.3, -0.25) is 4.79 Å². The molecule has 1 aromatic heterocycles. The summed E-state index contributed by atoms with van der Waals surface area (Å²) >= 11 is 1.54. The zero-order valence-electron chi connectivity index (χ0n) is 9.12. The molecule has 0 aliphatic heterocycles. The molecule has 84 valence electrons. The van der Waals surface area contributed by atoms with E-state index in [1.54, 1.807) is 6.20 Å². The topological polar surface area (TPSA) is 54.0 Å². The van der Waals surface area contributed by atoms with E-state index in [4.69, 9.17) is 0 Å². The van der Waals surface area contributed by atoms with E-state index in [0.29, 0.717) is 18.9 Å². The number of nitrogens with zero attached hydrogens (tertiary/aromatic N) is 1. The van der Waals surface area contributed by atoms with E-state index in [9.17, 15) is 4.79 Å². The second-order valence-corrected chi connectivity index (χ2v) is 4.61. The van der Waals surface area contributed by atoms with Gasteiger partial charge >= 0.3 is 0 Å². The van der Waals surface area contributed by atoms with E-state index >= 15 is 0 Å². The Bertz CT molecular complexity index is 285. The van der Waals surface area contributed by atoms with Gasteiger partial charge in [0.15, 0.2) is 5.13 Å². The lowest BCUT2D eigenvalue weighted by Crippen LogP contribution is -2.28. The van der Waals surface area contributed by atoms with Crippen LogP contribution < -0.4 is 10.6 Å². The van der Waals surface area contributed by atoms with Gasteiger partial charge in [-0.25, -0.2) is 4.98 Å². The highest BCUT2D eigenvalue weighted by Gasteiger charge is 2.02. The van der Waals surface area contributed by atoms with Crippen molar-refractivity contribution in [2.45, 2.75) is 20.3 Å². The number of aromatic nitrogens is 1. The highest BCUT2D eigenvalue weighted by atomic mass is 32.1. The molecule has 2 N–H and O–H groups in total. The van der Waals surface area contributed by atoms with Gasteiger partial charge in [-0.1, -0.05) is 13.8 Å². The Labute approximate surface area is 94.1 Å². The summed E-state index contributed by atoms with van der Waals surface area (Å²) in [4.78, 5) is 15.4. The van der Waals surface area contributed by atoms with Gasteiger partial charge in [0.1, 0.15) is 0 Å². The molecule has 1 rings (SSSR count). The van der Waals surface area contributed by atoms with E-state index < -0.39 is 0 Å². The van der Waals surface area contributed by atoms with E-state index in [2.05, 4.69) is 29.5 Å². The van der Waals surface area contributed by atoms with Crippen molar-refractivity contribution in [1.82, 2.24) is 10.3 Å². The predicted molar refractivity (Wildman–Crippen MR) is 63.1 cm³/mol. The smallest absolute Gasteiger partial charge is 0.221 e. The normalized spacial score (nSPS) is 10.3. The molecule has 4 nitrogen and oxygen atoms in total. The van der Waals surface area contributed by atoms with Crippen molar-refractivity contribution in [2.75, 3.05) is 18.4 Å². The molecule has 0 radical (unpaired) electrons. The highest BCUT2D eigenvalue weighted by Crippen LogP contribution is 2.09. The van der Waals surface area contributed by atoms with Crippen LogP contribution in [0.4, 0.5) is 5.13 Å². The summed E-state index contributed by atoms with van der Waals surface area (Å²) in [6, 6.07) is 0. The van der Waals surface area contributed by atoms with E-state index in [1.807, 2.05) is 5.38 Å². The van der Waals surface area contributed by atoms with Crippen molar-refractivity contribution in [3.05, 3.63) is 11.6 Å². The highest BCUT2D eigenvalue weighted by molar-refractivity contribution is 7.13. The summed E-state index contributed by atoms with van der Waals surface area (Å²) in [5.74, 6) is 0.591. The minimum absolute atomic E-state index is 0.0905. The molecule has 0 aliphatic rings. The summed E-state index contributed by atoms with van der Waals surface area (Å²) in [5, 5.41) is 8.73. The molecule has 5 heteroatoms. The summed E-state index contributed by atoms with van der Waals surface area (Å²) < 4.78 is 0. The Hall–Kier alpha value is -1.10. The van der Waals surface area contributed by atoms with E-state index in [-0.39, 0.29) is 5.91 Å². The summed E-state index contributed by atoms with van der Waals surface area (Å²) in [6.07, 6.45) is 2.23. The molecule has 15 heavy (non-hydrogen) atoms. The van der Waals surface area contributed by atoms with Gasteiger partial charge in [0, 0.05) is 31.1 Å². The van der Waals surface area contributed by atoms with E-state index in [1.165, 1.54) is 11.3 Å². The van der Waals surface area contributed by atoms with Crippen molar-refractivity contribution in [3.63, 3.8) is 0 Å². The van der Waals surface area contributed by atoms with Crippen LogP contribution >= 0.6 is 11.3 Å². The number of carbonyl (C=O) groups is 1. The number of amides is 1. The van der Waals surface area contributed by atoms with Crippen LogP contribution in [-0.2, 0) is 4.79 Å². The first-order valence-electron chi connectivity index (χ1n) is 5.08. The van der Waals surface area contributed by atoms with Crippen LogP contribution in [0.1, 0.15) is 20.3 Å². The fourth-order valence-electron chi connectivity index (χ4n) is 1.00. The molecular weight excluding hydrogens is 210 g/mol. The maximum atomic E-state index is 11.3. The maximum absolute atomic E-state index is 11.3. The number of carbonyl (C=O) groups excluding carboxylic acids is 1. The minimum Gasteiger partial charge on any atom is -0.361 e. The van der Waals surface area contributed by atoms with Crippen LogP contribution in [0.2, 0.25) is 0 Å². The minimum atomic E-state index is 0.0905. The fourth-order valence-corrected chi connectivity index (χ4v) is 1.56. The Kier molecular flexibility index (Phi) is 5.10. The number of nitrogens with one attached hydrogen (secondary N) is 2. The molecule has 0 atom stereocenters. The molecule has 0 fully saturated rings. The van der Waals surface area contributed by atoms with Crippen molar-refractivity contribution in [2.24, 2.45) is 5.92 Å². The van der Waals surface area contributed by atoms with Crippen LogP contribution in [0.5, 0.6) is 0 Å². The van der Waals surface area contributed by atoms with Crippen LogP contribution in [0, 0.1) is 5.92 Å². The maximum Gasteiger partial charge on any atom is 0.221 e. The van der Waals surface area contributed by atoms with Gasteiger partial charge in [-0.05, 0) is 5.92 Å². The molecular formula is C10H17N3OS. The molecule has 0 spiro atoms. The molecule has 0 bridgehead atoms. The first-order chi connectivity index (χ1) is 7.18. The standard InChI is InChI=1S/C10H17N3OS/c1-8(2)7-13-9(14)3-4-11-10-12-5-6-15-10/h5-6,8H,3-4,7H2,1-2H3,(H,11,12)(H,13,14). The number of rotatable bonds is 6. The molecule has 1 amide bonds. The molecule has 0 aromatic carbocycles.